The van der Waals surface area contributed by atoms with Gasteiger partial charge in [0.25, 0.3) is 0 Å². The van der Waals surface area contributed by atoms with E-state index in [1.165, 1.54) is 17.4 Å². The first-order chi connectivity index (χ1) is 8.04. The van der Waals surface area contributed by atoms with Crippen molar-refractivity contribution in [2.45, 2.75) is 20.3 Å². The average Bonchev–Trinajstić information content (AvgIpc) is 2.59. The van der Waals surface area contributed by atoms with E-state index in [9.17, 15) is 9.59 Å². The van der Waals surface area contributed by atoms with E-state index in [0.717, 1.165) is 0 Å². The Balaban J connectivity index is 2.77. The highest BCUT2D eigenvalue weighted by Gasteiger charge is 2.14. The van der Waals surface area contributed by atoms with E-state index >= 15 is 0 Å². The van der Waals surface area contributed by atoms with Crippen LogP contribution < -0.4 is 0 Å². The minimum absolute atomic E-state index is 0.0621. The van der Waals surface area contributed by atoms with E-state index in [1.54, 1.807) is 19.9 Å². The molecule has 0 saturated heterocycles. The van der Waals surface area contributed by atoms with Gasteiger partial charge in [0.1, 0.15) is 9.88 Å². The van der Waals surface area contributed by atoms with E-state index in [1.807, 2.05) is 0 Å². The molecule has 0 aliphatic rings. The summed E-state index contributed by atoms with van der Waals surface area (Å²) in [6.45, 7) is 3.78. The van der Waals surface area contributed by atoms with Crippen LogP contribution in [-0.4, -0.2) is 28.6 Å². The van der Waals surface area contributed by atoms with Crippen molar-refractivity contribution in [1.29, 1.82) is 0 Å². The molecule has 17 heavy (non-hydrogen) atoms. The first kappa shape index (κ1) is 13.4. The smallest absolute Gasteiger partial charge is 0.350 e. The van der Waals surface area contributed by atoms with Crippen LogP contribution >= 0.6 is 11.3 Å². The molecule has 0 fully saturated rings. The molecule has 1 aromatic rings. The summed E-state index contributed by atoms with van der Waals surface area (Å²) >= 11 is 1.19. The fourth-order valence-electron chi connectivity index (χ4n) is 1.14. The molecule has 0 unspecified atom stereocenters. The normalized spacial score (nSPS) is 10.7. The van der Waals surface area contributed by atoms with E-state index in [4.69, 9.17) is 9.84 Å². The number of aromatic nitrogens is 1. The van der Waals surface area contributed by atoms with Crippen molar-refractivity contribution in [2.24, 2.45) is 0 Å². The number of rotatable bonds is 5. The number of carbonyl (C=O) groups excluding carboxylic acids is 1. The second-order valence-corrected chi connectivity index (χ2v) is 4.22. The molecule has 0 spiro atoms. The lowest BCUT2D eigenvalue weighted by Crippen LogP contribution is -2.03. The van der Waals surface area contributed by atoms with E-state index in [0.29, 0.717) is 22.2 Å². The molecule has 0 saturated carbocycles. The van der Waals surface area contributed by atoms with Gasteiger partial charge in [0.2, 0.25) is 0 Å². The van der Waals surface area contributed by atoms with Gasteiger partial charge in [0.15, 0.2) is 0 Å². The van der Waals surface area contributed by atoms with Gasteiger partial charge in [-0.25, -0.2) is 9.78 Å². The Hall–Kier alpha value is -1.69. The third kappa shape index (κ3) is 3.99. The van der Waals surface area contributed by atoms with Crippen LogP contribution in [0, 0.1) is 6.92 Å². The second-order valence-electron chi connectivity index (χ2n) is 3.19. The molecule has 1 N–H and O–H groups in total. The topological polar surface area (TPSA) is 76.5 Å². The van der Waals surface area contributed by atoms with Gasteiger partial charge >= 0.3 is 11.9 Å². The molecule has 0 aromatic carbocycles. The largest absolute Gasteiger partial charge is 0.481 e. The summed E-state index contributed by atoms with van der Waals surface area (Å²) in [5.41, 5.74) is 0.600. The summed E-state index contributed by atoms with van der Waals surface area (Å²) in [4.78, 5) is 26.4. The van der Waals surface area contributed by atoms with Crippen LogP contribution in [0.2, 0.25) is 0 Å². The monoisotopic (exact) mass is 255 g/mol. The number of thiazole rings is 1. The minimum atomic E-state index is -0.903. The van der Waals surface area contributed by atoms with Crippen molar-refractivity contribution in [3.05, 3.63) is 21.7 Å². The van der Waals surface area contributed by atoms with Crippen LogP contribution in [0.3, 0.4) is 0 Å². The molecule has 0 atom stereocenters. The van der Waals surface area contributed by atoms with Crippen molar-refractivity contribution in [1.82, 2.24) is 4.98 Å². The maximum atomic E-state index is 11.5. The minimum Gasteiger partial charge on any atom is -0.481 e. The van der Waals surface area contributed by atoms with Gasteiger partial charge < -0.3 is 9.84 Å². The van der Waals surface area contributed by atoms with E-state index in [-0.39, 0.29) is 12.4 Å². The first-order valence-electron chi connectivity index (χ1n) is 5.07. The predicted molar refractivity (Wildman–Crippen MR) is 64.1 cm³/mol. The second kappa shape index (κ2) is 6.15. The number of carboxylic acid groups (broad SMARTS) is 1. The Labute approximate surface area is 103 Å². The third-order valence-corrected chi connectivity index (χ3v) is 2.93. The van der Waals surface area contributed by atoms with Crippen LogP contribution in [0.15, 0.2) is 6.08 Å². The van der Waals surface area contributed by atoms with Crippen molar-refractivity contribution in [3.8, 4) is 0 Å². The van der Waals surface area contributed by atoms with E-state index in [2.05, 4.69) is 4.98 Å². The summed E-state index contributed by atoms with van der Waals surface area (Å²) in [7, 11) is 0. The third-order valence-electron chi connectivity index (χ3n) is 1.83. The first-order valence-corrected chi connectivity index (χ1v) is 5.89. The van der Waals surface area contributed by atoms with Gasteiger partial charge in [-0.1, -0.05) is 6.08 Å². The number of carboxylic acids is 1. The predicted octanol–water partition coefficient (Wildman–Crippen LogP) is 2.12. The maximum absolute atomic E-state index is 11.5. The van der Waals surface area contributed by atoms with Crippen LogP contribution in [0.5, 0.6) is 0 Å². The molecule has 5 nitrogen and oxygen atoms in total. The lowest BCUT2D eigenvalue weighted by Gasteiger charge is -1.97. The Morgan fingerprint density at radius 3 is 2.82 bits per heavy atom. The highest BCUT2D eigenvalue weighted by Crippen LogP contribution is 2.20. The molecular weight excluding hydrogens is 242 g/mol. The van der Waals surface area contributed by atoms with Crippen LogP contribution in [0.25, 0.3) is 6.08 Å². The van der Waals surface area contributed by atoms with Crippen molar-refractivity contribution < 1.29 is 19.4 Å². The molecular formula is C11H13NO4S. The number of nitrogens with zero attached hydrogens (tertiary/aromatic N) is 1. The van der Waals surface area contributed by atoms with Crippen LogP contribution in [0.1, 0.15) is 33.7 Å². The molecule has 0 aliphatic heterocycles. The maximum Gasteiger partial charge on any atom is 0.350 e. The molecule has 92 valence electrons. The van der Waals surface area contributed by atoms with Crippen molar-refractivity contribution >= 4 is 29.4 Å². The zero-order valence-electron chi connectivity index (χ0n) is 9.60. The fraction of sp³-hybridized carbons (Fsp3) is 0.364. The molecule has 1 rings (SSSR count). The number of hydrogen-bond acceptors (Lipinski definition) is 5. The summed E-state index contributed by atoms with van der Waals surface area (Å²) in [5, 5.41) is 9.07. The van der Waals surface area contributed by atoms with Crippen LogP contribution in [-0.2, 0) is 9.53 Å². The Bertz CT molecular complexity index is 450. The SMILES string of the molecule is CCOC(=O)c1sc(C=CCC(=O)O)nc1C. The molecule has 0 radical (unpaired) electrons. The molecule has 6 heteroatoms. The summed E-state index contributed by atoms with van der Waals surface area (Å²) < 4.78 is 4.88. The molecule has 1 aromatic heterocycles. The number of esters is 1. The summed E-state index contributed by atoms with van der Waals surface area (Å²) in [6, 6.07) is 0. The number of ether oxygens (including phenoxy) is 1. The fourth-order valence-corrected chi connectivity index (χ4v) is 2.03. The standard InChI is InChI=1S/C11H13NO4S/c1-3-16-11(15)10-7(2)12-8(17-10)5-4-6-9(13)14/h4-5H,3,6H2,1-2H3,(H,13,14). The lowest BCUT2D eigenvalue weighted by molar-refractivity contribution is -0.135. The van der Waals surface area contributed by atoms with E-state index < -0.39 is 5.97 Å². The highest BCUT2D eigenvalue weighted by atomic mass is 32.1. The Kier molecular flexibility index (Phi) is 4.84. The van der Waals surface area contributed by atoms with Gasteiger partial charge in [-0.15, -0.1) is 11.3 Å². The zero-order valence-corrected chi connectivity index (χ0v) is 10.4. The van der Waals surface area contributed by atoms with Gasteiger partial charge in [-0.2, -0.15) is 0 Å². The highest BCUT2D eigenvalue weighted by molar-refractivity contribution is 7.14. The van der Waals surface area contributed by atoms with Gasteiger partial charge in [0, 0.05) is 0 Å². The summed E-state index contributed by atoms with van der Waals surface area (Å²) in [6.07, 6.45) is 3.03. The average molecular weight is 255 g/mol. The van der Waals surface area contributed by atoms with Crippen molar-refractivity contribution in [2.75, 3.05) is 6.61 Å². The quantitative estimate of drug-likeness (QED) is 0.815. The molecule has 0 aliphatic carbocycles. The molecule has 0 bridgehead atoms. The summed E-state index contributed by atoms with van der Waals surface area (Å²) in [5.74, 6) is -1.29. The van der Waals surface area contributed by atoms with Crippen LogP contribution in [0.4, 0.5) is 0 Å². The lowest BCUT2D eigenvalue weighted by atomic mass is 10.4. The molecule has 0 amide bonds. The van der Waals surface area contributed by atoms with Crippen molar-refractivity contribution in [3.63, 3.8) is 0 Å². The number of aliphatic carboxylic acids is 1. The number of aryl methyl sites for hydroxylation is 1. The number of carbonyl (C=O) groups is 2. The Morgan fingerprint density at radius 2 is 2.24 bits per heavy atom. The molecule has 1 heterocycles. The Morgan fingerprint density at radius 1 is 1.53 bits per heavy atom. The zero-order chi connectivity index (χ0) is 12.8. The van der Waals surface area contributed by atoms with Gasteiger partial charge in [0.05, 0.1) is 18.7 Å². The van der Waals surface area contributed by atoms with Gasteiger partial charge in [-0.3, -0.25) is 4.79 Å². The number of hydrogen-bond donors (Lipinski definition) is 1. The van der Waals surface area contributed by atoms with Gasteiger partial charge in [-0.05, 0) is 19.9 Å².